The van der Waals surface area contributed by atoms with E-state index in [1.54, 1.807) is 0 Å². The van der Waals surface area contributed by atoms with Gasteiger partial charge in [-0.05, 0) is 34.9 Å². The molecule has 0 bridgehead atoms. The topological polar surface area (TPSA) is 35.2 Å². The van der Waals surface area contributed by atoms with Gasteiger partial charge in [-0.3, -0.25) is 0 Å². The largest absolute Gasteiger partial charge is 0.492 e. The van der Waals surface area contributed by atoms with E-state index in [-0.39, 0.29) is 16.9 Å². The predicted octanol–water partition coefficient (Wildman–Crippen LogP) is 4.04. The zero-order valence-electron chi connectivity index (χ0n) is 13.5. The third kappa shape index (κ3) is 4.54. The maximum Gasteiger partial charge on any atom is 0.123 e. The highest BCUT2D eigenvalue weighted by molar-refractivity contribution is 5.41. The van der Waals surface area contributed by atoms with Gasteiger partial charge in [0.05, 0.1) is 0 Å². The number of hydrogen-bond donors (Lipinski definition) is 1. The van der Waals surface area contributed by atoms with Gasteiger partial charge in [-0.25, -0.2) is 0 Å². The summed E-state index contributed by atoms with van der Waals surface area (Å²) in [6.07, 6.45) is 0. The van der Waals surface area contributed by atoms with Crippen LogP contribution in [0.3, 0.4) is 0 Å². The van der Waals surface area contributed by atoms with Crippen molar-refractivity contribution in [2.75, 3.05) is 6.61 Å². The molecule has 2 N–H and O–H groups in total. The maximum absolute atomic E-state index is 6.17. The van der Waals surface area contributed by atoms with E-state index in [0.717, 1.165) is 5.75 Å². The van der Waals surface area contributed by atoms with Gasteiger partial charge < -0.3 is 10.5 Å². The summed E-state index contributed by atoms with van der Waals surface area (Å²) < 4.78 is 6.01. The molecule has 1 unspecified atom stereocenters. The van der Waals surface area contributed by atoms with Crippen LogP contribution in [0.4, 0.5) is 0 Å². The van der Waals surface area contributed by atoms with Crippen molar-refractivity contribution >= 4 is 0 Å². The summed E-state index contributed by atoms with van der Waals surface area (Å²) in [6, 6.07) is 6.43. The Kier molecular flexibility index (Phi) is 4.67. The molecular weight excluding hydrogens is 234 g/mol. The molecule has 108 valence electrons. The second-order valence-corrected chi connectivity index (χ2v) is 7.53. The van der Waals surface area contributed by atoms with Gasteiger partial charge in [0.1, 0.15) is 12.4 Å². The lowest BCUT2D eigenvalue weighted by molar-refractivity contribution is 0.202. The molecule has 2 heteroatoms. The highest BCUT2D eigenvalue weighted by atomic mass is 16.5. The van der Waals surface area contributed by atoms with Gasteiger partial charge in [-0.15, -0.1) is 0 Å². The van der Waals surface area contributed by atoms with E-state index in [0.29, 0.717) is 6.61 Å². The second-order valence-electron chi connectivity index (χ2n) is 7.53. The Bertz CT molecular complexity index is 424. The Labute approximate surface area is 118 Å². The van der Waals surface area contributed by atoms with Crippen LogP contribution in [0.15, 0.2) is 18.2 Å². The van der Waals surface area contributed by atoms with Crippen molar-refractivity contribution in [1.82, 2.24) is 0 Å². The van der Waals surface area contributed by atoms with Gasteiger partial charge in [-0.2, -0.15) is 0 Å². The summed E-state index contributed by atoms with van der Waals surface area (Å²) in [6.45, 7) is 15.7. The predicted molar refractivity (Wildman–Crippen MR) is 82.8 cm³/mol. The summed E-state index contributed by atoms with van der Waals surface area (Å²) >= 11 is 0. The molecule has 19 heavy (non-hydrogen) atoms. The van der Waals surface area contributed by atoms with E-state index >= 15 is 0 Å². The Morgan fingerprint density at radius 2 is 1.68 bits per heavy atom. The van der Waals surface area contributed by atoms with Crippen LogP contribution in [-0.2, 0) is 5.41 Å². The summed E-state index contributed by atoms with van der Waals surface area (Å²) in [5.41, 5.74) is 8.76. The second kappa shape index (κ2) is 5.54. The van der Waals surface area contributed by atoms with Gasteiger partial charge in [0.15, 0.2) is 0 Å². The number of benzene rings is 1. The molecule has 0 radical (unpaired) electrons. The fraction of sp³-hybridized carbons (Fsp3) is 0.647. The first-order chi connectivity index (χ1) is 8.51. The quantitative estimate of drug-likeness (QED) is 0.893. The highest BCUT2D eigenvalue weighted by Gasteiger charge is 2.23. The number of rotatable bonds is 3. The first kappa shape index (κ1) is 16.0. The van der Waals surface area contributed by atoms with Gasteiger partial charge in [0.2, 0.25) is 0 Å². The van der Waals surface area contributed by atoms with Gasteiger partial charge >= 0.3 is 0 Å². The molecule has 1 aromatic rings. The Morgan fingerprint density at radius 3 is 2.16 bits per heavy atom. The van der Waals surface area contributed by atoms with Crippen LogP contribution in [0.5, 0.6) is 5.75 Å². The molecular formula is C17H29NO. The van der Waals surface area contributed by atoms with Crippen molar-refractivity contribution in [3.8, 4) is 5.75 Å². The van der Waals surface area contributed by atoms with Crippen LogP contribution in [0.25, 0.3) is 0 Å². The molecule has 2 nitrogen and oxygen atoms in total. The van der Waals surface area contributed by atoms with Gasteiger partial charge in [0.25, 0.3) is 0 Å². The Morgan fingerprint density at radius 1 is 1.11 bits per heavy atom. The first-order valence-electron chi connectivity index (χ1n) is 7.01. The number of aryl methyl sites for hydroxylation is 1. The molecule has 1 rings (SSSR count). The van der Waals surface area contributed by atoms with Crippen molar-refractivity contribution < 1.29 is 4.74 Å². The summed E-state index contributed by atoms with van der Waals surface area (Å²) in [5, 5.41) is 0. The molecule has 0 aliphatic carbocycles. The third-order valence-electron chi connectivity index (χ3n) is 3.48. The molecule has 0 saturated carbocycles. The molecule has 0 amide bonds. The normalized spacial score (nSPS) is 14.3. The first-order valence-corrected chi connectivity index (χ1v) is 7.01. The lowest BCUT2D eigenvalue weighted by atomic mass is 9.85. The zero-order chi connectivity index (χ0) is 14.8. The lowest BCUT2D eigenvalue weighted by Gasteiger charge is -2.29. The van der Waals surface area contributed by atoms with Crippen molar-refractivity contribution in [3.63, 3.8) is 0 Å². The minimum absolute atomic E-state index is 0.0285. The van der Waals surface area contributed by atoms with Gasteiger partial charge in [-0.1, -0.05) is 53.7 Å². The molecule has 1 aromatic carbocycles. The average molecular weight is 263 g/mol. The van der Waals surface area contributed by atoms with Crippen molar-refractivity contribution in [2.24, 2.45) is 11.1 Å². The van der Waals surface area contributed by atoms with Crippen molar-refractivity contribution in [2.45, 2.75) is 59.9 Å². The van der Waals surface area contributed by atoms with Crippen LogP contribution in [0, 0.1) is 12.3 Å². The van der Waals surface area contributed by atoms with Crippen LogP contribution in [0.2, 0.25) is 0 Å². The fourth-order valence-corrected chi connectivity index (χ4v) is 1.80. The van der Waals surface area contributed by atoms with Crippen LogP contribution in [0.1, 0.15) is 52.7 Å². The average Bonchev–Trinajstić information content (AvgIpc) is 2.22. The standard InChI is InChI=1S/C17H29NO/c1-12-8-9-13(16(2,3)4)14(10-12)19-11-15(18)17(5,6)7/h8-10,15H,11,18H2,1-7H3. The van der Waals surface area contributed by atoms with E-state index in [9.17, 15) is 0 Å². The molecule has 0 saturated heterocycles. The summed E-state index contributed by atoms with van der Waals surface area (Å²) in [5.74, 6) is 0.965. The van der Waals surface area contributed by atoms with Crippen molar-refractivity contribution in [1.29, 1.82) is 0 Å². The van der Waals surface area contributed by atoms with Crippen molar-refractivity contribution in [3.05, 3.63) is 29.3 Å². The highest BCUT2D eigenvalue weighted by Crippen LogP contribution is 2.32. The Balaban J connectivity index is 2.92. The van der Waals surface area contributed by atoms with E-state index in [1.807, 2.05) is 0 Å². The third-order valence-corrected chi connectivity index (χ3v) is 3.48. The molecule has 1 atom stereocenters. The summed E-state index contributed by atoms with van der Waals surface area (Å²) in [7, 11) is 0. The smallest absolute Gasteiger partial charge is 0.123 e. The number of hydrogen-bond acceptors (Lipinski definition) is 2. The van der Waals surface area contributed by atoms with E-state index in [4.69, 9.17) is 10.5 Å². The van der Waals surface area contributed by atoms with E-state index < -0.39 is 0 Å². The monoisotopic (exact) mass is 263 g/mol. The molecule has 0 fully saturated rings. The number of ether oxygens (including phenoxy) is 1. The maximum atomic E-state index is 6.17. The van der Waals surface area contributed by atoms with Gasteiger partial charge in [0, 0.05) is 6.04 Å². The SMILES string of the molecule is Cc1ccc(C(C)(C)C)c(OCC(N)C(C)(C)C)c1. The number of nitrogens with two attached hydrogens (primary N) is 1. The molecule has 0 aliphatic heterocycles. The summed E-state index contributed by atoms with van der Waals surface area (Å²) in [4.78, 5) is 0. The minimum atomic E-state index is 0.0285. The zero-order valence-corrected chi connectivity index (χ0v) is 13.5. The molecule has 0 heterocycles. The molecule has 0 aromatic heterocycles. The lowest BCUT2D eigenvalue weighted by Crippen LogP contribution is -2.40. The van der Waals surface area contributed by atoms with E-state index in [1.165, 1.54) is 11.1 Å². The molecule has 0 aliphatic rings. The van der Waals surface area contributed by atoms with Crippen LogP contribution < -0.4 is 10.5 Å². The molecule has 0 spiro atoms. The minimum Gasteiger partial charge on any atom is -0.492 e. The Hall–Kier alpha value is -1.02. The fourth-order valence-electron chi connectivity index (χ4n) is 1.80. The van der Waals surface area contributed by atoms with Crippen LogP contribution >= 0.6 is 0 Å². The van der Waals surface area contributed by atoms with Crippen LogP contribution in [-0.4, -0.2) is 12.6 Å². The van der Waals surface area contributed by atoms with E-state index in [2.05, 4.69) is 66.7 Å².